The van der Waals surface area contributed by atoms with Crippen LogP contribution in [-0.2, 0) is 11.0 Å². The Morgan fingerprint density at radius 2 is 1.79 bits per heavy atom. The van der Waals surface area contributed by atoms with E-state index in [1.807, 2.05) is 13.8 Å². The van der Waals surface area contributed by atoms with Crippen molar-refractivity contribution >= 4 is 12.0 Å². The fourth-order valence-corrected chi connectivity index (χ4v) is 1.70. The van der Waals surface area contributed by atoms with Crippen molar-refractivity contribution in [1.29, 1.82) is 0 Å². The van der Waals surface area contributed by atoms with Crippen LogP contribution in [0.25, 0.3) is 6.08 Å². The van der Waals surface area contributed by atoms with E-state index in [4.69, 9.17) is 0 Å². The molecule has 0 bridgehead atoms. The Balaban J connectivity index is 2.97. The summed E-state index contributed by atoms with van der Waals surface area (Å²) in [4.78, 5) is 13.2. The molecule has 19 heavy (non-hydrogen) atoms. The third kappa shape index (κ3) is 4.12. The van der Waals surface area contributed by atoms with Gasteiger partial charge in [0.25, 0.3) is 0 Å². The lowest BCUT2D eigenvalue weighted by molar-refractivity contribution is -0.137. The van der Waals surface area contributed by atoms with Crippen LogP contribution >= 0.6 is 0 Å². The van der Waals surface area contributed by atoms with Crippen LogP contribution in [0.2, 0.25) is 0 Å². The lowest BCUT2D eigenvalue weighted by Gasteiger charge is -2.16. The van der Waals surface area contributed by atoms with Crippen LogP contribution in [0.1, 0.15) is 25.0 Å². The van der Waals surface area contributed by atoms with E-state index in [0.717, 1.165) is 6.07 Å². The normalized spacial score (nSPS) is 11.8. The summed E-state index contributed by atoms with van der Waals surface area (Å²) in [6, 6.07) is 5.18. The molecule has 1 rings (SSSR count). The summed E-state index contributed by atoms with van der Waals surface area (Å²) in [5.41, 5.74) is -0.742. The van der Waals surface area contributed by atoms with Gasteiger partial charge in [-0.15, -0.1) is 0 Å². The van der Waals surface area contributed by atoms with Crippen LogP contribution in [0.5, 0.6) is 0 Å². The first kappa shape index (κ1) is 15.3. The van der Waals surface area contributed by atoms with Gasteiger partial charge >= 0.3 is 6.18 Å². The maximum absolute atomic E-state index is 12.7. The summed E-state index contributed by atoms with van der Waals surface area (Å²) in [7, 11) is 0. The van der Waals surface area contributed by atoms with E-state index in [2.05, 4.69) is 0 Å². The molecule has 0 saturated carbocycles. The van der Waals surface area contributed by atoms with Crippen LogP contribution in [0.4, 0.5) is 13.2 Å². The number of halogens is 3. The molecule has 0 radical (unpaired) electrons. The number of hydrogen-bond donors (Lipinski definition) is 0. The molecule has 2 nitrogen and oxygen atoms in total. The minimum atomic E-state index is -4.42. The average Bonchev–Trinajstić information content (AvgIpc) is 2.37. The summed E-state index contributed by atoms with van der Waals surface area (Å²) in [5.74, 6) is -0.290. The van der Waals surface area contributed by atoms with Gasteiger partial charge in [0.05, 0.1) is 5.56 Å². The van der Waals surface area contributed by atoms with Crippen LogP contribution < -0.4 is 0 Å². The van der Waals surface area contributed by atoms with Crippen molar-refractivity contribution in [2.45, 2.75) is 20.0 Å². The van der Waals surface area contributed by atoms with Crippen molar-refractivity contribution in [3.8, 4) is 0 Å². The smallest absolute Gasteiger partial charge is 0.340 e. The zero-order valence-electron chi connectivity index (χ0n) is 10.9. The van der Waals surface area contributed by atoms with Crippen molar-refractivity contribution in [1.82, 2.24) is 4.90 Å². The van der Waals surface area contributed by atoms with Gasteiger partial charge in [-0.25, -0.2) is 0 Å². The van der Waals surface area contributed by atoms with Gasteiger partial charge in [-0.1, -0.05) is 18.2 Å². The van der Waals surface area contributed by atoms with E-state index in [1.54, 1.807) is 0 Å². The highest BCUT2D eigenvalue weighted by Gasteiger charge is 2.32. The van der Waals surface area contributed by atoms with Gasteiger partial charge in [-0.3, -0.25) is 4.79 Å². The maximum Gasteiger partial charge on any atom is 0.416 e. The van der Waals surface area contributed by atoms with E-state index in [-0.39, 0.29) is 11.5 Å². The highest BCUT2D eigenvalue weighted by molar-refractivity contribution is 5.92. The number of likely N-dealkylation sites (N-methyl/N-ethyl adjacent to an activating group) is 1. The third-order valence-electron chi connectivity index (χ3n) is 2.75. The van der Waals surface area contributed by atoms with Gasteiger partial charge < -0.3 is 4.90 Å². The topological polar surface area (TPSA) is 20.3 Å². The second kappa shape index (κ2) is 6.41. The molecule has 0 aliphatic rings. The van der Waals surface area contributed by atoms with E-state index < -0.39 is 11.7 Å². The maximum atomic E-state index is 12.7. The second-order valence-corrected chi connectivity index (χ2v) is 3.93. The predicted molar refractivity (Wildman–Crippen MR) is 68.4 cm³/mol. The Kier molecular flexibility index (Phi) is 5.15. The molecule has 0 aliphatic heterocycles. The van der Waals surface area contributed by atoms with E-state index >= 15 is 0 Å². The molecule has 0 saturated heterocycles. The minimum absolute atomic E-state index is 0.00416. The molecule has 0 aliphatic carbocycles. The number of amides is 1. The molecule has 1 aromatic carbocycles. The molecule has 1 amide bonds. The standard InChI is InChI=1S/C14H16F3NO/c1-3-18(4-2)13(19)10-9-11-7-5-6-8-12(11)14(15,16)17/h5-10H,3-4H2,1-2H3/b10-9+. The Morgan fingerprint density at radius 3 is 2.32 bits per heavy atom. The molecular weight excluding hydrogens is 255 g/mol. The Morgan fingerprint density at radius 1 is 1.21 bits per heavy atom. The zero-order chi connectivity index (χ0) is 14.5. The molecule has 5 heteroatoms. The lowest BCUT2D eigenvalue weighted by atomic mass is 10.1. The molecule has 104 valence electrons. The van der Waals surface area contributed by atoms with Crippen LogP contribution in [0.15, 0.2) is 30.3 Å². The summed E-state index contributed by atoms with van der Waals surface area (Å²) in [6.45, 7) is 4.69. The third-order valence-corrected chi connectivity index (χ3v) is 2.75. The van der Waals surface area contributed by atoms with E-state index in [0.29, 0.717) is 13.1 Å². The number of carbonyl (C=O) groups excluding carboxylic acids is 1. The van der Waals surface area contributed by atoms with Gasteiger partial charge in [0.2, 0.25) is 5.91 Å². The first-order chi connectivity index (χ1) is 8.90. The number of rotatable bonds is 4. The predicted octanol–water partition coefficient (Wildman–Crippen LogP) is 3.59. The molecule has 0 N–H and O–H groups in total. The molecule has 0 aromatic heterocycles. The highest BCUT2D eigenvalue weighted by Crippen LogP contribution is 2.32. The number of nitrogens with zero attached hydrogens (tertiary/aromatic N) is 1. The fraction of sp³-hybridized carbons (Fsp3) is 0.357. The fourth-order valence-electron chi connectivity index (χ4n) is 1.70. The summed E-state index contributed by atoms with van der Waals surface area (Å²) >= 11 is 0. The Bertz CT molecular complexity index is 462. The van der Waals surface area contributed by atoms with Crippen molar-refractivity contribution < 1.29 is 18.0 Å². The molecule has 0 unspecified atom stereocenters. The van der Waals surface area contributed by atoms with E-state index in [1.165, 1.54) is 35.3 Å². The van der Waals surface area contributed by atoms with Crippen molar-refractivity contribution in [3.05, 3.63) is 41.5 Å². The van der Waals surface area contributed by atoms with Crippen LogP contribution in [-0.4, -0.2) is 23.9 Å². The SMILES string of the molecule is CCN(CC)C(=O)/C=C/c1ccccc1C(F)(F)F. The van der Waals surface area contributed by atoms with Crippen molar-refractivity contribution in [2.75, 3.05) is 13.1 Å². The molecule has 1 aromatic rings. The van der Waals surface area contributed by atoms with Gasteiger partial charge in [0.15, 0.2) is 0 Å². The van der Waals surface area contributed by atoms with Crippen LogP contribution in [0.3, 0.4) is 0 Å². The number of alkyl halides is 3. The van der Waals surface area contributed by atoms with Gasteiger partial charge in [-0.05, 0) is 31.6 Å². The first-order valence-electron chi connectivity index (χ1n) is 6.03. The quantitative estimate of drug-likeness (QED) is 0.766. The summed E-state index contributed by atoms with van der Waals surface area (Å²) in [6.07, 6.45) is -2.03. The molecular formula is C14H16F3NO. The molecule has 0 fully saturated rings. The van der Waals surface area contributed by atoms with Gasteiger partial charge in [0, 0.05) is 19.2 Å². The van der Waals surface area contributed by atoms with E-state index in [9.17, 15) is 18.0 Å². The molecule has 0 heterocycles. The monoisotopic (exact) mass is 271 g/mol. The minimum Gasteiger partial charge on any atom is -0.340 e. The molecule has 0 spiro atoms. The summed E-state index contributed by atoms with van der Waals surface area (Å²) < 4.78 is 38.2. The first-order valence-corrected chi connectivity index (χ1v) is 6.03. The van der Waals surface area contributed by atoms with Gasteiger partial charge in [0.1, 0.15) is 0 Å². The number of hydrogen-bond acceptors (Lipinski definition) is 1. The number of benzene rings is 1. The highest BCUT2D eigenvalue weighted by atomic mass is 19.4. The average molecular weight is 271 g/mol. The van der Waals surface area contributed by atoms with Crippen molar-refractivity contribution in [2.24, 2.45) is 0 Å². The van der Waals surface area contributed by atoms with Crippen molar-refractivity contribution in [3.63, 3.8) is 0 Å². The lowest BCUT2D eigenvalue weighted by Crippen LogP contribution is -2.28. The van der Waals surface area contributed by atoms with Crippen LogP contribution in [0, 0.1) is 0 Å². The second-order valence-electron chi connectivity index (χ2n) is 3.93. The molecule has 0 atom stereocenters. The Hall–Kier alpha value is -1.78. The largest absolute Gasteiger partial charge is 0.416 e. The number of carbonyl (C=O) groups is 1. The van der Waals surface area contributed by atoms with Gasteiger partial charge in [-0.2, -0.15) is 13.2 Å². The summed E-state index contributed by atoms with van der Waals surface area (Å²) in [5, 5.41) is 0. The zero-order valence-corrected chi connectivity index (χ0v) is 10.9. The Labute approximate surface area is 110 Å².